The zero-order valence-corrected chi connectivity index (χ0v) is 15.8. The highest BCUT2D eigenvalue weighted by molar-refractivity contribution is 7.87. The van der Waals surface area contributed by atoms with Gasteiger partial charge in [0.2, 0.25) is 0 Å². The summed E-state index contributed by atoms with van der Waals surface area (Å²) in [7, 11) is -4.14. The molecule has 2 rings (SSSR count). The van der Waals surface area contributed by atoms with Crippen LogP contribution in [0.3, 0.4) is 0 Å². The molecule has 140 valence electrons. The first-order valence-electron chi connectivity index (χ1n) is 7.92. The molecule has 0 bridgehead atoms. The summed E-state index contributed by atoms with van der Waals surface area (Å²) in [5.74, 6) is -0.578. The largest absolute Gasteiger partial charge is 0.445 e. The van der Waals surface area contributed by atoms with Gasteiger partial charge in [-0.2, -0.15) is 8.42 Å². The minimum atomic E-state index is -4.14. The molecule has 0 fully saturated rings. The Morgan fingerprint density at radius 2 is 1.85 bits per heavy atom. The molecule has 0 N–H and O–H groups in total. The SMILES string of the molecule is C=CCOC(=O)N1CC(=O)C=C(OS(=O)(=O)c2c(C)cc(C)cc2C)C1. The van der Waals surface area contributed by atoms with E-state index in [1.807, 2.05) is 6.92 Å². The van der Waals surface area contributed by atoms with Crippen LogP contribution in [0.5, 0.6) is 0 Å². The normalized spacial score (nSPS) is 14.7. The molecule has 1 heterocycles. The maximum absolute atomic E-state index is 12.7. The van der Waals surface area contributed by atoms with Gasteiger partial charge in [0.15, 0.2) is 5.78 Å². The maximum Gasteiger partial charge on any atom is 0.410 e. The zero-order valence-electron chi connectivity index (χ0n) is 14.9. The van der Waals surface area contributed by atoms with Crippen LogP contribution in [-0.2, 0) is 23.8 Å². The van der Waals surface area contributed by atoms with Crippen molar-refractivity contribution in [1.82, 2.24) is 4.90 Å². The molecular formula is C18H21NO6S. The number of nitrogens with zero attached hydrogens (tertiary/aromatic N) is 1. The van der Waals surface area contributed by atoms with Crippen molar-refractivity contribution in [3.8, 4) is 0 Å². The second-order valence-corrected chi connectivity index (χ2v) is 7.55. The highest BCUT2D eigenvalue weighted by Crippen LogP contribution is 2.26. The molecule has 7 nitrogen and oxygen atoms in total. The Morgan fingerprint density at radius 3 is 2.42 bits per heavy atom. The molecule has 0 aliphatic carbocycles. The minimum absolute atomic E-state index is 0.0104. The fraction of sp³-hybridized carbons (Fsp3) is 0.333. The Kier molecular flexibility index (Phi) is 5.86. The summed E-state index contributed by atoms with van der Waals surface area (Å²) >= 11 is 0. The van der Waals surface area contributed by atoms with E-state index in [0.717, 1.165) is 16.5 Å². The second-order valence-electron chi connectivity index (χ2n) is 6.06. The molecule has 1 aliphatic rings. The van der Waals surface area contributed by atoms with E-state index in [0.29, 0.717) is 11.1 Å². The van der Waals surface area contributed by atoms with Crippen molar-refractivity contribution in [3.05, 3.63) is 53.3 Å². The molecule has 0 saturated heterocycles. The van der Waals surface area contributed by atoms with E-state index in [1.54, 1.807) is 26.0 Å². The summed E-state index contributed by atoms with van der Waals surface area (Å²) in [5.41, 5.74) is 2.03. The monoisotopic (exact) mass is 379 g/mol. The first kappa shape index (κ1) is 19.7. The summed E-state index contributed by atoms with van der Waals surface area (Å²) in [6.45, 7) is 8.27. The van der Waals surface area contributed by atoms with Gasteiger partial charge in [0.05, 0.1) is 13.1 Å². The fourth-order valence-corrected chi connectivity index (χ4v) is 4.22. The van der Waals surface area contributed by atoms with Gasteiger partial charge < -0.3 is 8.92 Å². The number of hydrogen-bond donors (Lipinski definition) is 0. The molecule has 0 spiro atoms. The maximum atomic E-state index is 12.7. The van der Waals surface area contributed by atoms with Gasteiger partial charge in [-0.3, -0.25) is 9.69 Å². The van der Waals surface area contributed by atoms with Crippen LogP contribution in [0.1, 0.15) is 16.7 Å². The second kappa shape index (κ2) is 7.74. The van der Waals surface area contributed by atoms with Gasteiger partial charge in [-0.15, -0.1) is 0 Å². The van der Waals surface area contributed by atoms with Gasteiger partial charge in [-0.05, 0) is 31.9 Å². The number of carbonyl (C=O) groups is 2. The van der Waals surface area contributed by atoms with Gasteiger partial charge >= 0.3 is 16.2 Å². The third kappa shape index (κ3) is 4.51. The van der Waals surface area contributed by atoms with Crippen LogP contribution in [-0.4, -0.2) is 44.9 Å². The third-order valence-corrected chi connectivity index (χ3v) is 5.25. The van der Waals surface area contributed by atoms with E-state index in [4.69, 9.17) is 8.92 Å². The quantitative estimate of drug-likeness (QED) is 0.576. The average Bonchev–Trinajstić information content (AvgIpc) is 2.49. The Bertz CT molecular complexity index is 862. The molecule has 0 unspecified atom stereocenters. The summed E-state index contributed by atoms with van der Waals surface area (Å²) in [6, 6.07) is 3.48. The summed E-state index contributed by atoms with van der Waals surface area (Å²) < 4.78 is 35.4. The molecular weight excluding hydrogens is 358 g/mol. The van der Waals surface area contributed by atoms with E-state index in [9.17, 15) is 18.0 Å². The van der Waals surface area contributed by atoms with Crippen LogP contribution in [0, 0.1) is 20.8 Å². The van der Waals surface area contributed by atoms with Crippen molar-refractivity contribution in [2.45, 2.75) is 25.7 Å². The topological polar surface area (TPSA) is 90.0 Å². The summed E-state index contributed by atoms with van der Waals surface area (Å²) in [6.07, 6.45) is 1.74. The summed E-state index contributed by atoms with van der Waals surface area (Å²) in [4.78, 5) is 24.9. The van der Waals surface area contributed by atoms with Crippen LogP contribution in [0.4, 0.5) is 4.79 Å². The van der Waals surface area contributed by atoms with Crippen molar-refractivity contribution in [2.24, 2.45) is 0 Å². The lowest BCUT2D eigenvalue weighted by Gasteiger charge is -2.25. The van der Waals surface area contributed by atoms with E-state index >= 15 is 0 Å². The Hall–Kier alpha value is -2.61. The smallest absolute Gasteiger partial charge is 0.410 e. The van der Waals surface area contributed by atoms with Crippen LogP contribution in [0.25, 0.3) is 0 Å². The molecule has 1 aromatic rings. The zero-order chi connectivity index (χ0) is 19.5. The molecule has 1 amide bonds. The minimum Gasteiger partial charge on any atom is -0.445 e. The number of aryl methyl sites for hydroxylation is 3. The van der Waals surface area contributed by atoms with Crippen LogP contribution in [0.2, 0.25) is 0 Å². The van der Waals surface area contributed by atoms with Crippen molar-refractivity contribution >= 4 is 22.0 Å². The molecule has 0 aromatic heterocycles. The van der Waals surface area contributed by atoms with Crippen molar-refractivity contribution in [3.63, 3.8) is 0 Å². The molecule has 0 radical (unpaired) electrons. The van der Waals surface area contributed by atoms with Gasteiger partial charge in [0.1, 0.15) is 17.3 Å². The van der Waals surface area contributed by atoms with Gasteiger partial charge in [0.25, 0.3) is 0 Å². The van der Waals surface area contributed by atoms with E-state index in [1.165, 1.54) is 6.08 Å². The lowest BCUT2D eigenvalue weighted by molar-refractivity contribution is -0.116. The number of ketones is 1. The van der Waals surface area contributed by atoms with E-state index in [2.05, 4.69) is 6.58 Å². The van der Waals surface area contributed by atoms with E-state index < -0.39 is 22.0 Å². The Balaban J connectivity index is 2.25. The number of amides is 1. The fourth-order valence-electron chi connectivity index (χ4n) is 2.85. The Morgan fingerprint density at radius 1 is 1.23 bits per heavy atom. The van der Waals surface area contributed by atoms with Gasteiger partial charge in [-0.25, -0.2) is 4.79 Å². The molecule has 8 heteroatoms. The number of carbonyl (C=O) groups excluding carboxylic acids is 2. The highest BCUT2D eigenvalue weighted by atomic mass is 32.2. The van der Waals surface area contributed by atoms with Crippen LogP contribution >= 0.6 is 0 Å². The average molecular weight is 379 g/mol. The number of hydrogen-bond acceptors (Lipinski definition) is 6. The number of benzene rings is 1. The first-order valence-corrected chi connectivity index (χ1v) is 9.33. The first-order chi connectivity index (χ1) is 12.1. The number of ether oxygens (including phenoxy) is 1. The third-order valence-electron chi connectivity index (χ3n) is 3.67. The Labute approximate surface area is 153 Å². The predicted molar refractivity (Wildman–Crippen MR) is 95.1 cm³/mol. The standard InChI is InChI=1S/C18H21NO6S/c1-5-6-24-18(21)19-10-15(20)9-16(11-19)25-26(22,23)17-13(3)7-12(2)8-14(17)4/h5,7-9H,1,6,10-11H2,2-4H3. The molecule has 1 aliphatic heterocycles. The van der Waals surface area contributed by atoms with Crippen molar-refractivity contribution in [2.75, 3.05) is 19.7 Å². The molecule has 1 aromatic carbocycles. The van der Waals surface area contributed by atoms with Gasteiger partial charge in [0, 0.05) is 6.08 Å². The van der Waals surface area contributed by atoms with E-state index in [-0.39, 0.29) is 30.4 Å². The molecule has 0 atom stereocenters. The molecule has 0 saturated carbocycles. The van der Waals surface area contributed by atoms with Crippen LogP contribution < -0.4 is 0 Å². The highest BCUT2D eigenvalue weighted by Gasteiger charge is 2.29. The number of rotatable bonds is 5. The van der Waals surface area contributed by atoms with Crippen molar-refractivity contribution < 1.29 is 26.9 Å². The molecule has 26 heavy (non-hydrogen) atoms. The predicted octanol–water partition coefficient (Wildman–Crippen LogP) is 2.41. The lowest BCUT2D eigenvalue weighted by Crippen LogP contribution is -2.41. The lowest BCUT2D eigenvalue weighted by atomic mass is 10.1. The van der Waals surface area contributed by atoms with Gasteiger partial charge in [-0.1, -0.05) is 30.4 Å². The summed E-state index contributed by atoms with van der Waals surface area (Å²) in [5, 5.41) is 0. The van der Waals surface area contributed by atoms with Crippen molar-refractivity contribution in [1.29, 1.82) is 0 Å². The van der Waals surface area contributed by atoms with Crippen LogP contribution in [0.15, 0.2) is 41.5 Å².